The fraction of sp³-hybridized carbons (Fsp3) is 0.538. The molecular weight excluding hydrogens is 496 g/mol. The number of hydrogen-bond donors (Lipinski definition) is 1. The molecule has 1 amide bonds. The molecule has 10 nitrogen and oxygen atoms in total. The molecule has 0 atom stereocenters. The topological polar surface area (TPSA) is 97.6 Å². The van der Waals surface area contributed by atoms with E-state index in [4.69, 9.17) is 14.5 Å². The summed E-state index contributed by atoms with van der Waals surface area (Å²) in [5, 5.41) is 3.39. The summed E-state index contributed by atoms with van der Waals surface area (Å²) in [6, 6.07) is 8.78. The molecule has 12 heteroatoms. The maximum atomic E-state index is 14.1. The Bertz CT molecular complexity index is 1240. The minimum absolute atomic E-state index is 0.0246. The molecule has 0 spiro atoms. The molecule has 2 saturated heterocycles. The average molecular weight is 530 g/mol. The third-order valence-corrected chi connectivity index (χ3v) is 6.86. The fourth-order valence-electron chi connectivity index (χ4n) is 4.77. The van der Waals surface area contributed by atoms with Crippen LogP contribution in [0, 0.1) is 0 Å². The lowest BCUT2D eigenvalue weighted by Gasteiger charge is -2.32. The fourth-order valence-corrected chi connectivity index (χ4v) is 4.77. The van der Waals surface area contributed by atoms with E-state index in [-0.39, 0.29) is 18.0 Å². The standard InChI is InChI=1S/C26H33F2N7O3/c1-2-3-14-38-26(36)34-10-8-18(9-11-34)29-25-31-21(33-12-15-37-16-13-33)17-22(32-25)35-20-7-5-4-6-19(20)30-24(35)23(27)28/h4-7,17-18,23H,2-3,8-16H2,1H3,(H,29,31,32). The van der Waals surface area contributed by atoms with Crippen LogP contribution in [0.15, 0.2) is 30.3 Å². The number of benzene rings is 1. The first-order valence-electron chi connectivity index (χ1n) is 13.2. The number of unbranched alkanes of at least 4 members (excludes halogenated alkanes) is 1. The van der Waals surface area contributed by atoms with Crippen molar-refractivity contribution in [2.45, 2.75) is 45.1 Å². The van der Waals surface area contributed by atoms with Crippen LogP contribution in [0.25, 0.3) is 16.9 Å². The first kappa shape index (κ1) is 26.1. The van der Waals surface area contributed by atoms with Crippen molar-refractivity contribution < 1.29 is 23.0 Å². The van der Waals surface area contributed by atoms with E-state index >= 15 is 0 Å². The van der Waals surface area contributed by atoms with Gasteiger partial charge in [0.1, 0.15) is 11.6 Å². The monoisotopic (exact) mass is 529 g/mol. The molecule has 0 bridgehead atoms. The number of fused-ring (bicyclic) bond motifs is 1. The Hall–Kier alpha value is -3.54. The van der Waals surface area contributed by atoms with Crippen molar-refractivity contribution in [3.63, 3.8) is 0 Å². The molecule has 4 heterocycles. The minimum Gasteiger partial charge on any atom is -0.449 e. The van der Waals surface area contributed by atoms with Gasteiger partial charge in [-0.1, -0.05) is 25.5 Å². The largest absolute Gasteiger partial charge is 0.449 e. The highest BCUT2D eigenvalue weighted by Crippen LogP contribution is 2.29. The number of para-hydroxylation sites is 2. The van der Waals surface area contributed by atoms with Gasteiger partial charge in [0.15, 0.2) is 5.82 Å². The van der Waals surface area contributed by atoms with Crippen molar-refractivity contribution in [1.82, 2.24) is 24.4 Å². The number of piperidine rings is 1. The maximum Gasteiger partial charge on any atom is 0.409 e. The molecule has 38 heavy (non-hydrogen) atoms. The molecule has 5 rings (SSSR count). The zero-order valence-corrected chi connectivity index (χ0v) is 21.5. The number of halogens is 2. The Balaban J connectivity index is 1.40. The summed E-state index contributed by atoms with van der Waals surface area (Å²) in [6.07, 6.45) is 0.151. The molecule has 0 unspecified atom stereocenters. The van der Waals surface area contributed by atoms with Crippen LogP contribution in [0.2, 0.25) is 0 Å². The molecule has 1 N–H and O–H groups in total. The summed E-state index contributed by atoms with van der Waals surface area (Å²) < 4.78 is 40.4. The number of alkyl halides is 2. The average Bonchev–Trinajstić information content (AvgIpc) is 3.34. The summed E-state index contributed by atoms with van der Waals surface area (Å²) in [6.45, 7) is 6.00. The van der Waals surface area contributed by atoms with E-state index in [2.05, 4.69) is 27.1 Å². The van der Waals surface area contributed by atoms with Gasteiger partial charge in [0.05, 0.1) is 30.9 Å². The molecule has 2 fully saturated rings. The number of likely N-dealkylation sites (tertiary alicyclic amines) is 1. The van der Waals surface area contributed by atoms with E-state index in [0.29, 0.717) is 87.5 Å². The summed E-state index contributed by atoms with van der Waals surface area (Å²) in [5.41, 5.74) is 1.03. The van der Waals surface area contributed by atoms with Gasteiger partial charge in [-0.15, -0.1) is 0 Å². The van der Waals surface area contributed by atoms with E-state index in [1.54, 1.807) is 35.2 Å². The van der Waals surface area contributed by atoms with Crippen LogP contribution in [0.1, 0.15) is 44.9 Å². The number of carbonyl (C=O) groups excluding carboxylic acids is 1. The van der Waals surface area contributed by atoms with E-state index in [9.17, 15) is 13.6 Å². The van der Waals surface area contributed by atoms with Crippen LogP contribution in [0.5, 0.6) is 0 Å². The first-order chi connectivity index (χ1) is 18.5. The number of ether oxygens (including phenoxy) is 2. The van der Waals surface area contributed by atoms with Crippen molar-refractivity contribution in [3.8, 4) is 5.82 Å². The number of rotatable bonds is 8. The van der Waals surface area contributed by atoms with Gasteiger partial charge < -0.3 is 24.6 Å². The second-order valence-electron chi connectivity index (χ2n) is 9.48. The highest BCUT2D eigenvalue weighted by Gasteiger charge is 2.26. The second-order valence-corrected chi connectivity index (χ2v) is 9.48. The number of imidazole rings is 1. The third-order valence-electron chi connectivity index (χ3n) is 6.86. The van der Waals surface area contributed by atoms with Crippen LogP contribution in [-0.4, -0.2) is 82.6 Å². The Morgan fingerprint density at radius 3 is 2.58 bits per heavy atom. The van der Waals surface area contributed by atoms with Gasteiger partial charge >= 0.3 is 6.09 Å². The van der Waals surface area contributed by atoms with Gasteiger partial charge in [0.25, 0.3) is 6.43 Å². The van der Waals surface area contributed by atoms with Crippen molar-refractivity contribution >= 4 is 28.9 Å². The van der Waals surface area contributed by atoms with Gasteiger partial charge in [-0.25, -0.2) is 18.6 Å². The molecule has 2 aliphatic heterocycles. The quantitative estimate of drug-likeness (QED) is 0.429. The zero-order chi connectivity index (χ0) is 26.5. The van der Waals surface area contributed by atoms with Crippen LogP contribution < -0.4 is 10.2 Å². The van der Waals surface area contributed by atoms with Gasteiger partial charge in [-0.3, -0.25) is 4.57 Å². The summed E-state index contributed by atoms with van der Waals surface area (Å²) >= 11 is 0. The predicted octanol–water partition coefficient (Wildman–Crippen LogP) is 4.40. The van der Waals surface area contributed by atoms with Crippen molar-refractivity contribution in [2.24, 2.45) is 0 Å². The smallest absolute Gasteiger partial charge is 0.409 e. The molecule has 0 aliphatic carbocycles. The number of carbonyl (C=O) groups is 1. The Morgan fingerprint density at radius 1 is 1.11 bits per heavy atom. The Labute approximate surface area is 219 Å². The molecule has 1 aromatic carbocycles. The normalized spacial score (nSPS) is 16.8. The molecule has 0 saturated carbocycles. The van der Waals surface area contributed by atoms with Crippen molar-refractivity contribution in [3.05, 3.63) is 36.2 Å². The molecule has 2 aromatic heterocycles. The predicted molar refractivity (Wildman–Crippen MR) is 139 cm³/mol. The lowest BCUT2D eigenvalue weighted by atomic mass is 10.1. The number of anilines is 2. The number of nitrogens with zero attached hydrogens (tertiary/aromatic N) is 6. The SMILES string of the molecule is CCCCOC(=O)N1CCC(Nc2nc(N3CCOCC3)cc(-n3c(C(F)F)nc4ccccc43)n2)CC1. The van der Waals surface area contributed by atoms with Gasteiger partial charge in [0.2, 0.25) is 5.95 Å². The van der Waals surface area contributed by atoms with Gasteiger partial charge in [-0.05, 0) is 31.4 Å². The summed E-state index contributed by atoms with van der Waals surface area (Å²) in [4.78, 5) is 29.7. The summed E-state index contributed by atoms with van der Waals surface area (Å²) in [7, 11) is 0. The lowest BCUT2D eigenvalue weighted by molar-refractivity contribution is 0.0927. The van der Waals surface area contributed by atoms with Crippen LogP contribution in [0.3, 0.4) is 0 Å². The van der Waals surface area contributed by atoms with Crippen molar-refractivity contribution in [2.75, 3.05) is 56.2 Å². The molecular formula is C26H33F2N7O3. The molecule has 3 aromatic rings. The third kappa shape index (κ3) is 5.79. The number of aromatic nitrogens is 4. The number of morpholine rings is 1. The maximum absolute atomic E-state index is 14.1. The van der Waals surface area contributed by atoms with Crippen LogP contribution in [-0.2, 0) is 9.47 Å². The minimum atomic E-state index is -2.78. The van der Waals surface area contributed by atoms with E-state index < -0.39 is 6.43 Å². The van der Waals surface area contributed by atoms with E-state index in [0.717, 1.165) is 12.8 Å². The van der Waals surface area contributed by atoms with E-state index in [1.165, 1.54) is 4.57 Å². The van der Waals surface area contributed by atoms with Gasteiger partial charge in [-0.2, -0.15) is 9.97 Å². The molecule has 204 valence electrons. The highest BCUT2D eigenvalue weighted by atomic mass is 19.3. The van der Waals surface area contributed by atoms with Crippen LogP contribution >= 0.6 is 0 Å². The van der Waals surface area contributed by atoms with Crippen molar-refractivity contribution in [1.29, 1.82) is 0 Å². The van der Waals surface area contributed by atoms with E-state index in [1.807, 2.05) is 0 Å². The molecule has 2 aliphatic rings. The zero-order valence-electron chi connectivity index (χ0n) is 21.5. The Kier molecular flexibility index (Phi) is 8.16. The summed E-state index contributed by atoms with van der Waals surface area (Å²) in [5.74, 6) is 0.949. The number of amides is 1. The first-order valence-corrected chi connectivity index (χ1v) is 13.2. The number of hydrogen-bond acceptors (Lipinski definition) is 8. The molecule has 0 radical (unpaired) electrons. The lowest BCUT2D eigenvalue weighted by Crippen LogP contribution is -2.43. The second kappa shape index (κ2) is 11.9. The highest BCUT2D eigenvalue weighted by molar-refractivity contribution is 5.78. The van der Waals surface area contributed by atoms with Gasteiger partial charge in [0, 0.05) is 38.3 Å². The Morgan fingerprint density at radius 2 is 1.84 bits per heavy atom. The number of nitrogens with one attached hydrogen (secondary N) is 1. The van der Waals surface area contributed by atoms with Crippen LogP contribution in [0.4, 0.5) is 25.3 Å².